The highest BCUT2D eigenvalue weighted by molar-refractivity contribution is 5.87. The third-order valence-corrected chi connectivity index (χ3v) is 3.71. The molecule has 21 heavy (non-hydrogen) atoms. The number of anilines is 2. The van der Waals surface area contributed by atoms with Crippen molar-refractivity contribution in [2.75, 3.05) is 10.6 Å². The van der Waals surface area contributed by atoms with E-state index in [1.807, 2.05) is 18.2 Å². The lowest BCUT2D eigenvalue weighted by atomic mass is 10.1. The van der Waals surface area contributed by atoms with Crippen LogP contribution in [0.15, 0.2) is 42.5 Å². The molecule has 5 heteroatoms. The Hall–Kier alpha value is -2.56. The predicted octanol–water partition coefficient (Wildman–Crippen LogP) is 3.42. The number of hydrogen-bond acceptors (Lipinski definition) is 2. The van der Waals surface area contributed by atoms with Gasteiger partial charge in [0.25, 0.3) is 0 Å². The van der Waals surface area contributed by atoms with Gasteiger partial charge in [0.1, 0.15) is 5.82 Å². The summed E-state index contributed by atoms with van der Waals surface area (Å²) < 4.78 is 13.7. The molecule has 108 valence electrons. The Morgan fingerprint density at radius 3 is 2.57 bits per heavy atom. The fraction of sp³-hybridized carbons (Fsp3) is 0.188. The van der Waals surface area contributed by atoms with E-state index in [1.165, 1.54) is 6.07 Å². The monoisotopic (exact) mass is 285 g/mol. The van der Waals surface area contributed by atoms with Gasteiger partial charge in [-0.1, -0.05) is 12.1 Å². The maximum absolute atomic E-state index is 13.7. The zero-order valence-corrected chi connectivity index (χ0v) is 11.4. The zero-order chi connectivity index (χ0) is 14.8. The highest BCUT2D eigenvalue weighted by Gasteiger charge is 2.24. The van der Waals surface area contributed by atoms with Gasteiger partial charge in [0, 0.05) is 11.4 Å². The van der Waals surface area contributed by atoms with Crippen LogP contribution in [0, 0.1) is 5.82 Å². The van der Waals surface area contributed by atoms with E-state index in [4.69, 9.17) is 5.73 Å². The topological polar surface area (TPSA) is 67.2 Å². The Bertz CT molecular complexity index is 670. The summed E-state index contributed by atoms with van der Waals surface area (Å²) in [5.74, 6) is -0.127. The highest BCUT2D eigenvalue weighted by Crippen LogP contribution is 2.35. The first-order valence-corrected chi connectivity index (χ1v) is 6.84. The maximum Gasteiger partial charge on any atom is 0.316 e. The molecular formula is C16H16FN3O. The molecule has 4 nitrogen and oxygen atoms in total. The van der Waals surface area contributed by atoms with E-state index in [9.17, 15) is 9.18 Å². The van der Waals surface area contributed by atoms with Gasteiger partial charge in [-0.25, -0.2) is 9.18 Å². The fourth-order valence-corrected chi connectivity index (χ4v) is 2.75. The molecule has 0 spiro atoms. The number of urea groups is 1. The van der Waals surface area contributed by atoms with E-state index >= 15 is 0 Å². The third-order valence-electron chi connectivity index (χ3n) is 3.71. The molecule has 0 bridgehead atoms. The van der Waals surface area contributed by atoms with Crippen molar-refractivity contribution in [2.45, 2.75) is 18.9 Å². The first kappa shape index (κ1) is 13.4. The van der Waals surface area contributed by atoms with E-state index in [0.717, 1.165) is 29.7 Å². The quantitative estimate of drug-likeness (QED) is 0.809. The van der Waals surface area contributed by atoms with Crippen LogP contribution in [-0.4, -0.2) is 6.03 Å². The molecule has 2 aromatic carbocycles. The highest BCUT2D eigenvalue weighted by atomic mass is 19.1. The summed E-state index contributed by atoms with van der Waals surface area (Å²) in [7, 11) is 0. The van der Waals surface area contributed by atoms with Crippen LogP contribution in [0.3, 0.4) is 0 Å². The van der Waals surface area contributed by atoms with Crippen molar-refractivity contribution in [2.24, 2.45) is 5.73 Å². The molecule has 0 fully saturated rings. The Balaban J connectivity index is 1.74. The minimum Gasteiger partial charge on any atom is -0.378 e. The van der Waals surface area contributed by atoms with Gasteiger partial charge in [-0.15, -0.1) is 0 Å². The number of nitrogens with two attached hydrogens (primary N) is 1. The summed E-state index contributed by atoms with van der Waals surface area (Å²) >= 11 is 0. The molecule has 0 radical (unpaired) electrons. The van der Waals surface area contributed by atoms with Crippen LogP contribution >= 0.6 is 0 Å². The smallest absolute Gasteiger partial charge is 0.316 e. The number of carbonyl (C=O) groups is 1. The Kier molecular flexibility index (Phi) is 3.48. The number of primary amides is 1. The summed E-state index contributed by atoms with van der Waals surface area (Å²) in [6, 6.07) is 12.0. The molecule has 1 aliphatic rings. The number of amides is 2. The molecule has 2 amide bonds. The molecule has 0 saturated carbocycles. The zero-order valence-electron chi connectivity index (χ0n) is 11.4. The van der Waals surface area contributed by atoms with Gasteiger partial charge < -0.3 is 16.4 Å². The lowest BCUT2D eigenvalue weighted by molar-refractivity contribution is 0.259. The Morgan fingerprint density at radius 2 is 1.86 bits per heavy atom. The SMILES string of the molecule is NC(=O)Nc1ccc(NC2CCc3c(F)cccc32)cc1. The molecule has 4 N–H and O–H groups in total. The van der Waals surface area contributed by atoms with Crippen LogP contribution < -0.4 is 16.4 Å². The first-order valence-electron chi connectivity index (χ1n) is 6.84. The van der Waals surface area contributed by atoms with Crippen molar-refractivity contribution in [3.8, 4) is 0 Å². The number of halogens is 1. The maximum atomic E-state index is 13.7. The lowest BCUT2D eigenvalue weighted by Gasteiger charge is -2.16. The standard InChI is InChI=1S/C16H16FN3O/c17-14-3-1-2-13-12(14)8-9-15(13)19-10-4-6-11(7-5-10)20-16(18)21/h1-7,15,19H,8-9H2,(H3,18,20,21). The van der Waals surface area contributed by atoms with Crippen molar-refractivity contribution in [1.82, 2.24) is 0 Å². The van der Waals surface area contributed by atoms with E-state index < -0.39 is 6.03 Å². The molecule has 1 unspecified atom stereocenters. The fourth-order valence-electron chi connectivity index (χ4n) is 2.75. The largest absolute Gasteiger partial charge is 0.378 e. The Labute approximate surface area is 122 Å². The van der Waals surface area contributed by atoms with Crippen molar-refractivity contribution in [3.63, 3.8) is 0 Å². The average Bonchev–Trinajstić information content (AvgIpc) is 2.85. The first-order chi connectivity index (χ1) is 10.1. The average molecular weight is 285 g/mol. The van der Waals surface area contributed by atoms with E-state index in [1.54, 1.807) is 18.2 Å². The number of fused-ring (bicyclic) bond motifs is 1. The van der Waals surface area contributed by atoms with Gasteiger partial charge in [0.15, 0.2) is 0 Å². The van der Waals surface area contributed by atoms with Crippen molar-refractivity contribution < 1.29 is 9.18 Å². The molecule has 0 saturated heterocycles. The van der Waals surface area contributed by atoms with Gasteiger partial charge in [0.05, 0.1) is 6.04 Å². The molecule has 0 aliphatic heterocycles. The number of hydrogen-bond donors (Lipinski definition) is 3. The second-order valence-electron chi connectivity index (χ2n) is 5.11. The van der Waals surface area contributed by atoms with Gasteiger partial charge in [0.2, 0.25) is 0 Å². The molecule has 3 rings (SSSR count). The van der Waals surface area contributed by atoms with Crippen LogP contribution in [0.25, 0.3) is 0 Å². The molecule has 0 aromatic heterocycles. The minimum absolute atomic E-state index is 0.116. The second-order valence-corrected chi connectivity index (χ2v) is 5.11. The molecule has 1 aliphatic carbocycles. The van der Waals surface area contributed by atoms with Crippen molar-refractivity contribution in [1.29, 1.82) is 0 Å². The number of carbonyl (C=O) groups excluding carboxylic acids is 1. The van der Waals surface area contributed by atoms with Crippen LogP contribution in [-0.2, 0) is 6.42 Å². The van der Waals surface area contributed by atoms with E-state index in [2.05, 4.69) is 10.6 Å². The number of rotatable bonds is 3. The third kappa shape index (κ3) is 2.81. The van der Waals surface area contributed by atoms with Crippen LogP contribution in [0.4, 0.5) is 20.6 Å². The van der Waals surface area contributed by atoms with Crippen LogP contribution in [0.1, 0.15) is 23.6 Å². The summed E-state index contributed by atoms with van der Waals surface area (Å²) in [6.07, 6.45) is 1.62. The van der Waals surface area contributed by atoms with Crippen molar-refractivity contribution >= 4 is 17.4 Å². The molecule has 2 aromatic rings. The minimum atomic E-state index is -0.587. The normalized spacial score (nSPS) is 16.3. The number of benzene rings is 2. The molecule has 1 atom stereocenters. The molecule has 0 heterocycles. The van der Waals surface area contributed by atoms with E-state index in [-0.39, 0.29) is 11.9 Å². The Morgan fingerprint density at radius 1 is 1.14 bits per heavy atom. The number of nitrogens with one attached hydrogen (secondary N) is 2. The van der Waals surface area contributed by atoms with Crippen LogP contribution in [0.5, 0.6) is 0 Å². The van der Waals surface area contributed by atoms with Gasteiger partial charge >= 0.3 is 6.03 Å². The van der Waals surface area contributed by atoms with E-state index in [0.29, 0.717) is 5.69 Å². The van der Waals surface area contributed by atoms with Gasteiger partial charge in [-0.3, -0.25) is 0 Å². The lowest BCUT2D eigenvalue weighted by Crippen LogP contribution is -2.19. The summed E-state index contributed by atoms with van der Waals surface area (Å²) in [5, 5.41) is 5.90. The summed E-state index contributed by atoms with van der Waals surface area (Å²) in [4.78, 5) is 10.8. The van der Waals surface area contributed by atoms with Crippen molar-refractivity contribution in [3.05, 3.63) is 59.4 Å². The predicted molar refractivity (Wildman–Crippen MR) is 80.7 cm³/mol. The summed E-state index contributed by atoms with van der Waals surface area (Å²) in [5.41, 5.74) is 8.46. The van der Waals surface area contributed by atoms with Gasteiger partial charge in [-0.05, 0) is 54.3 Å². The van der Waals surface area contributed by atoms with Crippen LogP contribution in [0.2, 0.25) is 0 Å². The second kappa shape index (κ2) is 5.44. The molecular weight excluding hydrogens is 269 g/mol. The van der Waals surface area contributed by atoms with Gasteiger partial charge in [-0.2, -0.15) is 0 Å². The summed E-state index contributed by atoms with van der Waals surface area (Å²) in [6.45, 7) is 0.